The van der Waals surface area contributed by atoms with E-state index in [1.54, 1.807) is 41.8 Å². The van der Waals surface area contributed by atoms with Crippen LogP contribution in [0.4, 0.5) is 11.5 Å². The molecule has 2 N–H and O–H groups in total. The minimum absolute atomic E-state index is 0.281. The SMILES string of the molecule is CS(=O)(=O)c1ccc(Nc2ncnc3sc(-c4cn[nH]c4)cc23)cc1. The van der Waals surface area contributed by atoms with E-state index in [0.717, 1.165) is 26.3 Å². The number of hydrogen-bond donors (Lipinski definition) is 2. The second kappa shape index (κ2) is 5.94. The van der Waals surface area contributed by atoms with Crippen LogP contribution in [0.15, 0.2) is 53.9 Å². The lowest BCUT2D eigenvalue weighted by atomic mass is 10.2. The third-order valence-corrected chi connectivity index (χ3v) is 5.88. The molecule has 0 aliphatic rings. The zero-order valence-electron chi connectivity index (χ0n) is 13.1. The quantitative estimate of drug-likeness (QED) is 0.571. The molecule has 25 heavy (non-hydrogen) atoms. The maximum absolute atomic E-state index is 11.5. The van der Waals surface area contributed by atoms with Crippen LogP contribution in [0.25, 0.3) is 20.7 Å². The monoisotopic (exact) mass is 371 g/mol. The van der Waals surface area contributed by atoms with E-state index < -0.39 is 9.84 Å². The molecule has 0 saturated carbocycles. The molecule has 0 bridgehead atoms. The number of aromatic nitrogens is 4. The highest BCUT2D eigenvalue weighted by Crippen LogP contribution is 2.35. The number of nitrogens with one attached hydrogen (secondary N) is 2. The molecule has 1 aromatic carbocycles. The first-order valence-corrected chi connectivity index (χ1v) is 10.0. The van der Waals surface area contributed by atoms with E-state index in [0.29, 0.717) is 5.82 Å². The molecule has 0 unspecified atom stereocenters. The summed E-state index contributed by atoms with van der Waals surface area (Å²) >= 11 is 1.56. The van der Waals surface area contributed by atoms with Crippen molar-refractivity contribution in [3.8, 4) is 10.4 Å². The molecular formula is C16H13N5O2S2. The van der Waals surface area contributed by atoms with Gasteiger partial charge in [-0.2, -0.15) is 5.10 Å². The first kappa shape index (κ1) is 15.7. The zero-order valence-corrected chi connectivity index (χ0v) is 14.7. The summed E-state index contributed by atoms with van der Waals surface area (Å²) in [6, 6.07) is 8.58. The van der Waals surface area contributed by atoms with Gasteiger partial charge in [-0.1, -0.05) is 0 Å². The van der Waals surface area contributed by atoms with Gasteiger partial charge in [0.25, 0.3) is 0 Å². The number of H-pyrrole nitrogens is 1. The van der Waals surface area contributed by atoms with Crippen molar-refractivity contribution in [2.45, 2.75) is 4.90 Å². The molecule has 0 aliphatic carbocycles. The van der Waals surface area contributed by atoms with Crippen LogP contribution < -0.4 is 5.32 Å². The molecule has 126 valence electrons. The molecule has 0 amide bonds. The van der Waals surface area contributed by atoms with Gasteiger partial charge in [-0.15, -0.1) is 11.3 Å². The molecule has 4 aromatic rings. The molecule has 3 aromatic heterocycles. The smallest absolute Gasteiger partial charge is 0.175 e. The summed E-state index contributed by atoms with van der Waals surface area (Å²) in [5, 5.41) is 10.9. The minimum atomic E-state index is -3.21. The number of aromatic amines is 1. The van der Waals surface area contributed by atoms with Crippen molar-refractivity contribution in [3.63, 3.8) is 0 Å². The van der Waals surface area contributed by atoms with Crippen molar-refractivity contribution < 1.29 is 8.42 Å². The van der Waals surface area contributed by atoms with E-state index in [4.69, 9.17) is 0 Å². The van der Waals surface area contributed by atoms with E-state index in [1.165, 1.54) is 12.6 Å². The number of sulfone groups is 1. The van der Waals surface area contributed by atoms with Gasteiger partial charge in [-0.05, 0) is 30.3 Å². The fourth-order valence-electron chi connectivity index (χ4n) is 2.41. The molecule has 7 nitrogen and oxygen atoms in total. The number of rotatable bonds is 4. The summed E-state index contributed by atoms with van der Waals surface area (Å²) in [5.41, 5.74) is 1.75. The molecular weight excluding hydrogens is 358 g/mol. The first-order chi connectivity index (χ1) is 12.0. The summed E-state index contributed by atoms with van der Waals surface area (Å²) in [4.78, 5) is 10.8. The van der Waals surface area contributed by atoms with E-state index in [2.05, 4.69) is 25.5 Å². The van der Waals surface area contributed by atoms with E-state index in [1.807, 2.05) is 12.3 Å². The first-order valence-electron chi connectivity index (χ1n) is 7.31. The van der Waals surface area contributed by atoms with Crippen LogP contribution in [-0.2, 0) is 9.84 Å². The Hall–Kier alpha value is -2.78. The summed E-state index contributed by atoms with van der Waals surface area (Å²) in [6.45, 7) is 0. The molecule has 0 fully saturated rings. The van der Waals surface area contributed by atoms with Crippen LogP contribution in [0, 0.1) is 0 Å². The zero-order chi connectivity index (χ0) is 17.4. The Balaban J connectivity index is 1.70. The predicted octanol–water partition coefficient (Wildman–Crippen LogP) is 3.23. The van der Waals surface area contributed by atoms with Crippen molar-refractivity contribution in [2.24, 2.45) is 0 Å². The van der Waals surface area contributed by atoms with Gasteiger partial charge in [0, 0.05) is 28.6 Å². The van der Waals surface area contributed by atoms with Gasteiger partial charge >= 0.3 is 0 Å². The number of nitrogens with zero attached hydrogens (tertiary/aromatic N) is 3. The normalized spacial score (nSPS) is 11.7. The van der Waals surface area contributed by atoms with Crippen molar-refractivity contribution in [1.82, 2.24) is 20.2 Å². The number of benzene rings is 1. The predicted molar refractivity (Wildman–Crippen MR) is 97.8 cm³/mol. The van der Waals surface area contributed by atoms with Crippen molar-refractivity contribution in [1.29, 1.82) is 0 Å². The summed E-state index contributed by atoms with van der Waals surface area (Å²) in [6.07, 6.45) is 6.28. The highest BCUT2D eigenvalue weighted by molar-refractivity contribution is 7.90. The van der Waals surface area contributed by atoms with Crippen LogP contribution in [-0.4, -0.2) is 34.8 Å². The highest BCUT2D eigenvalue weighted by atomic mass is 32.2. The molecule has 0 aliphatic heterocycles. The Morgan fingerprint density at radius 1 is 1.16 bits per heavy atom. The third kappa shape index (κ3) is 3.11. The van der Waals surface area contributed by atoms with Gasteiger partial charge in [0.1, 0.15) is 17.0 Å². The molecule has 0 radical (unpaired) electrons. The van der Waals surface area contributed by atoms with Gasteiger partial charge in [-0.25, -0.2) is 18.4 Å². The average molecular weight is 371 g/mol. The Kier molecular flexibility index (Phi) is 3.74. The van der Waals surface area contributed by atoms with Gasteiger partial charge in [0.15, 0.2) is 9.84 Å². The second-order valence-corrected chi connectivity index (χ2v) is 8.51. The fraction of sp³-hybridized carbons (Fsp3) is 0.0625. The Morgan fingerprint density at radius 3 is 2.64 bits per heavy atom. The van der Waals surface area contributed by atoms with Crippen molar-refractivity contribution in [2.75, 3.05) is 11.6 Å². The molecule has 0 atom stereocenters. The lowest BCUT2D eigenvalue weighted by Crippen LogP contribution is -1.98. The molecule has 3 heterocycles. The van der Waals surface area contributed by atoms with Gasteiger partial charge < -0.3 is 5.32 Å². The maximum Gasteiger partial charge on any atom is 0.175 e. The fourth-order valence-corrected chi connectivity index (χ4v) is 4.02. The molecule has 0 spiro atoms. The lowest BCUT2D eigenvalue weighted by molar-refractivity contribution is 0.602. The van der Waals surface area contributed by atoms with E-state index >= 15 is 0 Å². The number of fused-ring (bicyclic) bond motifs is 1. The Bertz CT molecular complexity index is 1130. The molecule has 4 rings (SSSR count). The number of anilines is 2. The van der Waals surface area contributed by atoms with Gasteiger partial charge in [0.05, 0.1) is 16.5 Å². The van der Waals surface area contributed by atoms with Crippen LogP contribution in [0.3, 0.4) is 0 Å². The maximum atomic E-state index is 11.5. The van der Waals surface area contributed by atoms with Crippen LogP contribution in [0.1, 0.15) is 0 Å². The minimum Gasteiger partial charge on any atom is -0.340 e. The van der Waals surface area contributed by atoms with Gasteiger partial charge in [-0.3, -0.25) is 5.10 Å². The molecule has 9 heteroatoms. The summed E-state index contributed by atoms with van der Waals surface area (Å²) in [7, 11) is -3.21. The average Bonchev–Trinajstić information content (AvgIpc) is 3.24. The second-order valence-electron chi connectivity index (χ2n) is 5.46. The van der Waals surface area contributed by atoms with Crippen molar-refractivity contribution >= 4 is 42.9 Å². The van der Waals surface area contributed by atoms with Gasteiger partial charge in [0.2, 0.25) is 0 Å². The molecule has 0 saturated heterocycles. The van der Waals surface area contributed by atoms with Crippen molar-refractivity contribution in [3.05, 3.63) is 49.1 Å². The number of thiophene rings is 1. The summed E-state index contributed by atoms with van der Waals surface area (Å²) in [5.74, 6) is 0.670. The van der Waals surface area contributed by atoms with Crippen LogP contribution >= 0.6 is 11.3 Å². The number of hydrogen-bond acceptors (Lipinski definition) is 7. The summed E-state index contributed by atoms with van der Waals surface area (Å²) < 4.78 is 23.1. The largest absolute Gasteiger partial charge is 0.340 e. The van der Waals surface area contributed by atoms with E-state index in [-0.39, 0.29) is 4.90 Å². The van der Waals surface area contributed by atoms with E-state index in [9.17, 15) is 8.42 Å². The van der Waals surface area contributed by atoms with Crippen LogP contribution in [0.5, 0.6) is 0 Å². The Labute approximate surface area is 147 Å². The standard InChI is InChI=1S/C16H13N5O2S2/c1-25(22,23)12-4-2-11(3-5-12)21-15-13-6-14(10-7-19-20-8-10)24-16(13)18-9-17-15/h2-9H,1H3,(H,19,20)(H,17,18,21). The van der Waals surface area contributed by atoms with Crippen LogP contribution in [0.2, 0.25) is 0 Å². The lowest BCUT2D eigenvalue weighted by Gasteiger charge is -2.07. The highest BCUT2D eigenvalue weighted by Gasteiger charge is 2.12. The topological polar surface area (TPSA) is 101 Å². The third-order valence-electron chi connectivity index (χ3n) is 3.66. The Morgan fingerprint density at radius 2 is 1.96 bits per heavy atom.